The van der Waals surface area contributed by atoms with E-state index in [1.807, 2.05) is 11.8 Å². The van der Waals surface area contributed by atoms with Crippen LogP contribution < -0.4 is 0 Å². The molecule has 27 heavy (non-hydrogen) atoms. The topological polar surface area (TPSA) is 30.7 Å². The molecule has 4 fully saturated rings. The van der Waals surface area contributed by atoms with E-state index in [0.29, 0.717) is 5.41 Å². The first kappa shape index (κ1) is 17.8. The van der Waals surface area contributed by atoms with Crippen LogP contribution in [0.25, 0.3) is 0 Å². The Balaban J connectivity index is 1.32. The molecule has 4 saturated carbocycles. The average molecular weight is 382 g/mol. The summed E-state index contributed by atoms with van der Waals surface area (Å²) in [5.41, 5.74) is 3.23. The standard InChI is InChI=1S/C23H31N3S/c1-3-26-21(14-23-11-18-8-19(12-23)10-20(9-18)13-23)24-25-22(26)27-15-17-6-4-5-16(2)7-17/h4-7,18-20H,3,8-15H2,1-2H3. The number of nitrogens with zero attached hydrogens (tertiary/aromatic N) is 3. The number of aryl methyl sites for hydroxylation is 1. The molecule has 0 radical (unpaired) electrons. The number of rotatable bonds is 6. The maximum absolute atomic E-state index is 4.69. The summed E-state index contributed by atoms with van der Waals surface area (Å²) >= 11 is 1.84. The summed E-state index contributed by atoms with van der Waals surface area (Å²) in [4.78, 5) is 0. The summed E-state index contributed by atoms with van der Waals surface area (Å²) in [5.74, 6) is 5.22. The molecule has 1 aromatic carbocycles. The van der Waals surface area contributed by atoms with Crippen molar-refractivity contribution in [3.05, 3.63) is 41.2 Å². The summed E-state index contributed by atoms with van der Waals surface area (Å²) in [6.07, 6.45) is 10.0. The highest BCUT2D eigenvalue weighted by Gasteiger charge is 2.51. The fourth-order valence-electron chi connectivity index (χ4n) is 6.67. The van der Waals surface area contributed by atoms with Crippen molar-refractivity contribution in [2.24, 2.45) is 23.2 Å². The SMILES string of the molecule is CCn1c(CC23CC4CC(CC(C4)C2)C3)nnc1SCc1cccc(C)c1. The molecule has 144 valence electrons. The zero-order valence-electron chi connectivity index (χ0n) is 16.7. The third kappa shape index (κ3) is 3.46. The molecule has 4 heteroatoms. The van der Waals surface area contributed by atoms with Crippen molar-refractivity contribution >= 4 is 11.8 Å². The van der Waals surface area contributed by atoms with Gasteiger partial charge in [0.1, 0.15) is 5.82 Å². The van der Waals surface area contributed by atoms with Crippen LogP contribution in [0.2, 0.25) is 0 Å². The first-order valence-electron chi connectivity index (χ1n) is 10.7. The van der Waals surface area contributed by atoms with Gasteiger partial charge in [0.25, 0.3) is 0 Å². The Hall–Kier alpha value is -1.29. The van der Waals surface area contributed by atoms with Crippen LogP contribution in [0.15, 0.2) is 29.4 Å². The highest BCUT2D eigenvalue weighted by atomic mass is 32.2. The lowest BCUT2D eigenvalue weighted by Crippen LogP contribution is -2.47. The van der Waals surface area contributed by atoms with Crippen molar-refractivity contribution in [2.75, 3.05) is 0 Å². The second-order valence-electron chi connectivity index (χ2n) is 9.52. The number of hydrogen-bond donors (Lipinski definition) is 0. The van der Waals surface area contributed by atoms with E-state index in [9.17, 15) is 0 Å². The van der Waals surface area contributed by atoms with Crippen LogP contribution in [0.3, 0.4) is 0 Å². The van der Waals surface area contributed by atoms with Gasteiger partial charge in [-0.3, -0.25) is 0 Å². The molecule has 0 N–H and O–H groups in total. The minimum absolute atomic E-state index is 0.535. The molecule has 0 aliphatic heterocycles. The molecule has 2 aromatic rings. The Bertz CT molecular complexity index is 789. The molecule has 0 unspecified atom stereocenters. The predicted octanol–water partition coefficient (Wildman–Crippen LogP) is 5.66. The van der Waals surface area contributed by atoms with E-state index in [0.717, 1.165) is 41.6 Å². The minimum atomic E-state index is 0.535. The third-order valence-corrected chi connectivity index (χ3v) is 8.30. The molecular formula is C23H31N3S. The van der Waals surface area contributed by atoms with Crippen LogP contribution in [-0.2, 0) is 18.7 Å². The van der Waals surface area contributed by atoms with E-state index < -0.39 is 0 Å². The van der Waals surface area contributed by atoms with Crippen LogP contribution in [-0.4, -0.2) is 14.8 Å². The number of benzene rings is 1. The second-order valence-corrected chi connectivity index (χ2v) is 10.5. The van der Waals surface area contributed by atoms with Gasteiger partial charge in [0, 0.05) is 18.7 Å². The summed E-state index contributed by atoms with van der Waals surface area (Å²) in [7, 11) is 0. The maximum atomic E-state index is 4.69. The van der Waals surface area contributed by atoms with Crippen molar-refractivity contribution in [1.29, 1.82) is 0 Å². The van der Waals surface area contributed by atoms with E-state index in [1.165, 1.54) is 55.5 Å². The molecule has 0 atom stereocenters. The lowest BCUT2D eigenvalue weighted by Gasteiger charge is -2.56. The lowest BCUT2D eigenvalue weighted by molar-refractivity contribution is -0.0536. The molecule has 6 rings (SSSR count). The highest BCUT2D eigenvalue weighted by Crippen LogP contribution is 2.61. The Morgan fingerprint density at radius 2 is 1.78 bits per heavy atom. The van der Waals surface area contributed by atoms with E-state index in [2.05, 4.69) is 52.9 Å². The van der Waals surface area contributed by atoms with Gasteiger partial charge in [-0.25, -0.2) is 0 Å². The zero-order valence-corrected chi connectivity index (χ0v) is 17.5. The Labute approximate surface area is 167 Å². The smallest absolute Gasteiger partial charge is 0.191 e. The molecule has 1 heterocycles. The van der Waals surface area contributed by atoms with Crippen LogP contribution in [0.4, 0.5) is 0 Å². The quantitative estimate of drug-likeness (QED) is 0.605. The van der Waals surface area contributed by atoms with Crippen molar-refractivity contribution in [3.8, 4) is 0 Å². The van der Waals surface area contributed by atoms with Gasteiger partial charge < -0.3 is 4.57 Å². The molecule has 0 saturated heterocycles. The first-order valence-corrected chi connectivity index (χ1v) is 11.7. The molecule has 4 aliphatic rings. The van der Waals surface area contributed by atoms with E-state index >= 15 is 0 Å². The molecule has 0 spiro atoms. The number of hydrogen-bond acceptors (Lipinski definition) is 3. The van der Waals surface area contributed by atoms with Crippen molar-refractivity contribution in [3.63, 3.8) is 0 Å². The average Bonchev–Trinajstić information content (AvgIpc) is 2.99. The van der Waals surface area contributed by atoms with E-state index in [-0.39, 0.29) is 0 Å². The van der Waals surface area contributed by atoms with Gasteiger partial charge in [-0.2, -0.15) is 0 Å². The Kier molecular flexibility index (Phi) is 4.58. The van der Waals surface area contributed by atoms with Crippen molar-refractivity contribution in [1.82, 2.24) is 14.8 Å². The monoisotopic (exact) mass is 381 g/mol. The van der Waals surface area contributed by atoms with Crippen LogP contribution in [0.1, 0.15) is 62.4 Å². The molecule has 3 nitrogen and oxygen atoms in total. The Morgan fingerprint density at radius 1 is 1.07 bits per heavy atom. The van der Waals surface area contributed by atoms with Crippen LogP contribution in [0.5, 0.6) is 0 Å². The maximum Gasteiger partial charge on any atom is 0.191 e. The van der Waals surface area contributed by atoms with Crippen LogP contribution in [0, 0.1) is 30.1 Å². The molecule has 0 amide bonds. The molecule has 4 aliphatic carbocycles. The zero-order chi connectivity index (χ0) is 18.4. The van der Waals surface area contributed by atoms with Crippen molar-refractivity contribution in [2.45, 2.75) is 76.2 Å². The molecule has 1 aromatic heterocycles. The molecule has 4 bridgehead atoms. The fourth-order valence-corrected chi connectivity index (χ4v) is 7.63. The van der Waals surface area contributed by atoms with E-state index in [1.54, 1.807) is 0 Å². The fraction of sp³-hybridized carbons (Fsp3) is 0.652. The summed E-state index contributed by atoms with van der Waals surface area (Å²) in [6.45, 7) is 5.38. The lowest BCUT2D eigenvalue weighted by atomic mass is 9.49. The summed E-state index contributed by atoms with van der Waals surface area (Å²) in [5, 5.41) is 10.4. The molecular weight excluding hydrogens is 350 g/mol. The third-order valence-electron chi connectivity index (χ3n) is 7.26. The highest BCUT2D eigenvalue weighted by molar-refractivity contribution is 7.98. The van der Waals surface area contributed by atoms with Gasteiger partial charge in [-0.1, -0.05) is 41.6 Å². The van der Waals surface area contributed by atoms with Gasteiger partial charge in [0.05, 0.1) is 0 Å². The number of thioether (sulfide) groups is 1. The summed E-state index contributed by atoms with van der Waals surface area (Å²) in [6, 6.07) is 8.79. The van der Waals surface area contributed by atoms with Gasteiger partial charge in [0.15, 0.2) is 5.16 Å². The minimum Gasteiger partial charge on any atom is -0.306 e. The second kappa shape index (κ2) is 6.95. The van der Waals surface area contributed by atoms with Crippen LogP contribution >= 0.6 is 11.8 Å². The van der Waals surface area contributed by atoms with Gasteiger partial charge in [-0.15, -0.1) is 10.2 Å². The van der Waals surface area contributed by atoms with Gasteiger partial charge in [0.2, 0.25) is 0 Å². The first-order chi connectivity index (χ1) is 13.1. The van der Waals surface area contributed by atoms with E-state index in [4.69, 9.17) is 0 Å². The van der Waals surface area contributed by atoms with Gasteiger partial charge in [-0.05, 0) is 81.1 Å². The predicted molar refractivity (Wildman–Crippen MR) is 111 cm³/mol. The Morgan fingerprint density at radius 3 is 2.41 bits per heavy atom. The van der Waals surface area contributed by atoms with Crippen molar-refractivity contribution < 1.29 is 0 Å². The normalized spacial score (nSPS) is 31.6. The largest absolute Gasteiger partial charge is 0.306 e. The van der Waals surface area contributed by atoms with Gasteiger partial charge >= 0.3 is 0 Å². The summed E-state index contributed by atoms with van der Waals surface area (Å²) < 4.78 is 2.39. The number of aromatic nitrogens is 3.